The lowest BCUT2D eigenvalue weighted by Crippen LogP contribution is -2.50. The topological polar surface area (TPSA) is 84.5 Å². The number of pyridine rings is 1. The van der Waals surface area contributed by atoms with E-state index in [1.807, 2.05) is 60.4 Å². The quantitative estimate of drug-likeness (QED) is 0.425. The van der Waals surface area contributed by atoms with Gasteiger partial charge in [0, 0.05) is 70.0 Å². The Balaban J connectivity index is 1.13. The second-order valence-electron chi connectivity index (χ2n) is 12.3. The number of para-hydroxylation sites is 1. The van der Waals surface area contributed by atoms with Gasteiger partial charge in [-0.2, -0.15) is 0 Å². The Labute approximate surface area is 259 Å². The van der Waals surface area contributed by atoms with Crippen molar-refractivity contribution in [1.29, 1.82) is 0 Å². The number of likely N-dealkylation sites (tertiary alicyclic amines) is 1. The van der Waals surface area contributed by atoms with Crippen molar-refractivity contribution >= 4 is 40.4 Å². The summed E-state index contributed by atoms with van der Waals surface area (Å²) in [5.41, 5.74) is 4.71. The lowest BCUT2D eigenvalue weighted by Gasteiger charge is -2.36. The van der Waals surface area contributed by atoms with Gasteiger partial charge < -0.3 is 29.7 Å². The molecule has 1 aliphatic carbocycles. The molecule has 4 heterocycles. The molecule has 1 atom stereocenters. The molecule has 0 bridgehead atoms. The Hall–Kier alpha value is -4.15. The fourth-order valence-corrected chi connectivity index (χ4v) is 6.73. The molecule has 2 saturated heterocycles. The third kappa shape index (κ3) is 5.37. The molecule has 230 valence electrons. The molecular weight excluding hydrogens is 554 g/mol. The van der Waals surface area contributed by atoms with Crippen LogP contribution in [0.25, 0.3) is 0 Å². The van der Waals surface area contributed by atoms with Crippen molar-refractivity contribution in [1.82, 2.24) is 19.7 Å². The maximum Gasteiger partial charge on any atom is 0.260 e. The van der Waals surface area contributed by atoms with Gasteiger partial charge in [-0.1, -0.05) is 12.1 Å². The molecule has 3 fully saturated rings. The van der Waals surface area contributed by atoms with Gasteiger partial charge in [0.15, 0.2) is 0 Å². The average Bonchev–Trinajstić information content (AvgIpc) is 3.77. The highest BCUT2D eigenvalue weighted by molar-refractivity contribution is 6.13. The Morgan fingerprint density at radius 3 is 2.50 bits per heavy atom. The first-order valence-electron chi connectivity index (χ1n) is 15.8. The van der Waals surface area contributed by atoms with Gasteiger partial charge >= 0.3 is 0 Å². The summed E-state index contributed by atoms with van der Waals surface area (Å²) < 4.78 is 6.03. The Morgan fingerprint density at radius 2 is 1.73 bits per heavy atom. The number of amides is 2. The van der Waals surface area contributed by atoms with Crippen LogP contribution in [0.2, 0.25) is 0 Å². The standard InChI is InChI=1S/C34H41N7O3/c1-4-44-31-19-23(33(42)40-14-13-25(22-40)39-17-15-37(2)16-18-39)9-12-27(31)36-32-20-29-30(21-35-32)38(3)34(43)26-7-5-6-8-28(26)41(29)24-10-11-24/h5-9,12,19-21,24-25H,4,10-11,13-18,22H2,1-3H3,(H,35,36)/t25-/m1/s1. The van der Waals surface area contributed by atoms with E-state index in [4.69, 9.17) is 9.72 Å². The Morgan fingerprint density at radius 1 is 0.932 bits per heavy atom. The van der Waals surface area contributed by atoms with Crippen LogP contribution < -0.4 is 19.9 Å². The van der Waals surface area contributed by atoms with Gasteiger partial charge in [0.25, 0.3) is 11.8 Å². The smallest absolute Gasteiger partial charge is 0.260 e. The van der Waals surface area contributed by atoms with Gasteiger partial charge in [-0.05, 0) is 63.6 Å². The molecule has 10 heteroatoms. The minimum absolute atomic E-state index is 0.0424. The minimum atomic E-state index is -0.0424. The van der Waals surface area contributed by atoms with Crippen LogP contribution in [0.1, 0.15) is 46.9 Å². The zero-order valence-corrected chi connectivity index (χ0v) is 25.8. The number of hydrogen-bond donors (Lipinski definition) is 1. The van der Waals surface area contributed by atoms with E-state index in [1.165, 1.54) is 0 Å². The molecule has 3 aromatic rings. The highest BCUT2D eigenvalue weighted by atomic mass is 16.5. The van der Waals surface area contributed by atoms with E-state index >= 15 is 0 Å². The van der Waals surface area contributed by atoms with Gasteiger partial charge in [0.2, 0.25) is 0 Å². The number of piperazine rings is 1. The first kappa shape index (κ1) is 28.6. The van der Waals surface area contributed by atoms with E-state index in [9.17, 15) is 9.59 Å². The number of carbonyl (C=O) groups is 2. The summed E-state index contributed by atoms with van der Waals surface area (Å²) in [5.74, 6) is 1.26. The van der Waals surface area contributed by atoms with Crippen LogP contribution in [0.15, 0.2) is 54.7 Å². The highest BCUT2D eigenvalue weighted by Crippen LogP contribution is 2.47. The van der Waals surface area contributed by atoms with Gasteiger partial charge in [0.05, 0.1) is 41.1 Å². The molecule has 3 aliphatic heterocycles. The molecule has 0 spiro atoms. The molecule has 1 saturated carbocycles. The second-order valence-corrected chi connectivity index (χ2v) is 12.3. The van der Waals surface area contributed by atoms with Crippen molar-refractivity contribution in [2.24, 2.45) is 0 Å². The predicted molar refractivity (Wildman–Crippen MR) is 173 cm³/mol. The first-order chi connectivity index (χ1) is 21.4. The average molecular weight is 596 g/mol. The number of nitrogens with one attached hydrogen (secondary N) is 1. The summed E-state index contributed by atoms with van der Waals surface area (Å²) in [7, 11) is 3.97. The number of aromatic nitrogens is 1. The minimum Gasteiger partial charge on any atom is -0.492 e. The fourth-order valence-electron chi connectivity index (χ4n) is 6.73. The number of likely N-dealkylation sites (N-methyl/N-ethyl adjacent to an activating group) is 1. The van der Waals surface area contributed by atoms with E-state index < -0.39 is 0 Å². The lowest BCUT2D eigenvalue weighted by atomic mass is 10.1. The summed E-state index contributed by atoms with van der Waals surface area (Å²) in [5, 5.41) is 3.45. The van der Waals surface area contributed by atoms with Crippen LogP contribution in [-0.4, -0.2) is 104 Å². The maximum absolute atomic E-state index is 13.6. The predicted octanol–water partition coefficient (Wildman–Crippen LogP) is 4.58. The van der Waals surface area contributed by atoms with E-state index in [0.717, 1.165) is 81.3 Å². The molecule has 4 aliphatic rings. The highest BCUT2D eigenvalue weighted by Gasteiger charge is 2.38. The van der Waals surface area contributed by atoms with Gasteiger partial charge in [-0.3, -0.25) is 14.5 Å². The molecule has 1 N–H and O–H groups in total. The third-order valence-electron chi connectivity index (χ3n) is 9.39. The molecule has 44 heavy (non-hydrogen) atoms. The van der Waals surface area contributed by atoms with Gasteiger partial charge in [-0.25, -0.2) is 4.98 Å². The Kier molecular flexibility index (Phi) is 7.63. The van der Waals surface area contributed by atoms with Crippen molar-refractivity contribution in [2.75, 3.05) is 75.1 Å². The van der Waals surface area contributed by atoms with Gasteiger partial charge in [-0.15, -0.1) is 0 Å². The van der Waals surface area contributed by atoms with Crippen LogP contribution >= 0.6 is 0 Å². The summed E-state index contributed by atoms with van der Waals surface area (Å²) in [6.07, 6.45) is 4.93. The summed E-state index contributed by atoms with van der Waals surface area (Å²) in [6.45, 7) is 8.24. The maximum atomic E-state index is 13.6. The SMILES string of the molecule is CCOc1cc(C(=O)N2CC[C@@H](N3CCN(C)CC3)C2)ccc1Nc1cc2c(cn1)N(C)C(=O)c1ccccc1N2C1CC1. The fraction of sp³-hybridized carbons (Fsp3) is 0.441. The summed E-state index contributed by atoms with van der Waals surface area (Å²) in [6, 6.07) is 16.2. The third-order valence-corrected chi connectivity index (χ3v) is 9.39. The second kappa shape index (κ2) is 11.7. The van der Waals surface area contributed by atoms with Crippen LogP contribution in [-0.2, 0) is 0 Å². The van der Waals surface area contributed by atoms with Crippen LogP contribution in [0.3, 0.4) is 0 Å². The number of carbonyl (C=O) groups excluding carboxylic acids is 2. The van der Waals surface area contributed by atoms with Gasteiger partial charge in [0.1, 0.15) is 11.6 Å². The van der Waals surface area contributed by atoms with Crippen molar-refractivity contribution in [2.45, 2.75) is 38.3 Å². The van der Waals surface area contributed by atoms with Crippen molar-refractivity contribution in [3.05, 3.63) is 65.9 Å². The largest absolute Gasteiger partial charge is 0.492 e. The molecule has 10 nitrogen and oxygen atoms in total. The first-order valence-corrected chi connectivity index (χ1v) is 15.8. The lowest BCUT2D eigenvalue weighted by molar-refractivity contribution is 0.0754. The molecule has 0 unspecified atom stereocenters. The normalized spacial score (nSPS) is 20.8. The van der Waals surface area contributed by atoms with E-state index in [0.29, 0.717) is 41.4 Å². The van der Waals surface area contributed by atoms with E-state index in [-0.39, 0.29) is 11.8 Å². The number of ether oxygens (including phenoxy) is 1. The molecule has 2 aromatic carbocycles. The number of rotatable bonds is 7. The van der Waals surface area contributed by atoms with Crippen LogP contribution in [0.5, 0.6) is 5.75 Å². The van der Waals surface area contributed by atoms with Crippen molar-refractivity contribution in [3.63, 3.8) is 0 Å². The number of benzene rings is 2. The molecule has 0 radical (unpaired) electrons. The van der Waals surface area contributed by atoms with Crippen molar-refractivity contribution < 1.29 is 14.3 Å². The zero-order chi connectivity index (χ0) is 30.4. The molecule has 1 aromatic heterocycles. The summed E-state index contributed by atoms with van der Waals surface area (Å²) >= 11 is 0. The number of nitrogens with zero attached hydrogens (tertiary/aromatic N) is 6. The molecule has 2 amide bonds. The number of hydrogen-bond acceptors (Lipinski definition) is 8. The summed E-state index contributed by atoms with van der Waals surface area (Å²) in [4.78, 5) is 42.5. The number of anilines is 5. The van der Waals surface area contributed by atoms with Crippen molar-refractivity contribution in [3.8, 4) is 5.75 Å². The van der Waals surface area contributed by atoms with E-state index in [1.54, 1.807) is 18.1 Å². The van der Waals surface area contributed by atoms with Crippen LogP contribution in [0.4, 0.5) is 28.6 Å². The Bertz CT molecular complexity index is 1570. The van der Waals surface area contributed by atoms with Crippen LogP contribution in [0, 0.1) is 0 Å². The van der Waals surface area contributed by atoms with E-state index in [2.05, 4.69) is 27.1 Å². The zero-order valence-electron chi connectivity index (χ0n) is 25.8. The monoisotopic (exact) mass is 595 g/mol. The molecule has 7 rings (SSSR count). The molecular formula is C34H41N7O3. The number of fused-ring (bicyclic) bond motifs is 2.